The van der Waals surface area contributed by atoms with E-state index < -0.39 is 17.3 Å². The van der Waals surface area contributed by atoms with Crippen LogP contribution in [0.3, 0.4) is 0 Å². The fourth-order valence-corrected chi connectivity index (χ4v) is 4.06. The molecule has 0 fully saturated rings. The molecule has 1 amide bonds. The van der Waals surface area contributed by atoms with Gasteiger partial charge in [0.2, 0.25) is 5.76 Å². The highest BCUT2D eigenvalue weighted by molar-refractivity contribution is 5.99. The van der Waals surface area contributed by atoms with E-state index in [2.05, 4.69) is 6.58 Å². The van der Waals surface area contributed by atoms with Gasteiger partial charge in [0.1, 0.15) is 23.8 Å². The van der Waals surface area contributed by atoms with Gasteiger partial charge in [0.15, 0.2) is 5.43 Å². The third kappa shape index (κ3) is 4.03. The second kappa shape index (κ2) is 8.96. The van der Waals surface area contributed by atoms with E-state index in [1.807, 2.05) is 37.2 Å². The monoisotopic (exact) mass is 436 g/mol. The minimum atomic E-state index is -0.643. The maximum Gasteiger partial charge on any atom is 0.290 e. The van der Waals surface area contributed by atoms with Crippen LogP contribution in [0.15, 0.2) is 64.3 Å². The molecule has 0 saturated heterocycles. The number of benzene rings is 2. The van der Waals surface area contributed by atoms with Gasteiger partial charge in [-0.2, -0.15) is 0 Å². The molecule has 0 radical (unpaired) electrons. The molecule has 1 aliphatic rings. The van der Waals surface area contributed by atoms with Gasteiger partial charge in [-0.15, -0.1) is 0 Å². The van der Waals surface area contributed by atoms with Crippen LogP contribution in [0, 0.1) is 5.82 Å². The van der Waals surface area contributed by atoms with Crippen LogP contribution in [0.1, 0.15) is 34.1 Å². The number of amides is 1. The van der Waals surface area contributed by atoms with E-state index >= 15 is 0 Å². The Labute approximate surface area is 185 Å². The maximum atomic E-state index is 13.9. The van der Waals surface area contributed by atoms with E-state index in [-0.39, 0.29) is 28.2 Å². The van der Waals surface area contributed by atoms with E-state index in [0.717, 1.165) is 24.6 Å². The number of ether oxygens (including phenoxy) is 1. The largest absolute Gasteiger partial charge is 0.490 e. The Morgan fingerprint density at radius 1 is 1.22 bits per heavy atom. The van der Waals surface area contributed by atoms with Gasteiger partial charge in [-0.1, -0.05) is 24.8 Å². The number of carbonyl (C=O) groups is 1. The van der Waals surface area contributed by atoms with Crippen LogP contribution in [-0.4, -0.2) is 49.5 Å². The Morgan fingerprint density at radius 2 is 2.03 bits per heavy atom. The SMILES string of the molecule is C=CCOc1cccc([C@@H]2c3c(oc4ccc(F)cc4c3=O)C(=O)N2CCCN(C)C)c1. The van der Waals surface area contributed by atoms with Gasteiger partial charge in [-0.25, -0.2) is 4.39 Å². The third-order valence-electron chi connectivity index (χ3n) is 5.47. The summed E-state index contributed by atoms with van der Waals surface area (Å²) in [5, 5.41) is 0.121. The molecule has 166 valence electrons. The van der Waals surface area contributed by atoms with Crippen molar-refractivity contribution in [2.45, 2.75) is 12.5 Å². The zero-order chi connectivity index (χ0) is 22.8. The number of hydrogen-bond donors (Lipinski definition) is 0. The van der Waals surface area contributed by atoms with Gasteiger partial charge in [-0.05, 0) is 63.0 Å². The molecule has 0 unspecified atom stereocenters. The predicted octanol–water partition coefficient (Wildman–Crippen LogP) is 3.99. The summed E-state index contributed by atoms with van der Waals surface area (Å²) in [4.78, 5) is 30.5. The van der Waals surface area contributed by atoms with Crippen LogP contribution >= 0.6 is 0 Å². The minimum absolute atomic E-state index is 0.0152. The van der Waals surface area contributed by atoms with Gasteiger partial charge < -0.3 is 19.0 Å². The molecule has 1 aromatic heterocycles. The Morgan fingerprint density at radius 3 is 2.78 bits per heavy atom. The molecule has 6 nitrogen and oxygen atoms in total. The summed E-state index contributed by atoms with van der Waals surface area (Å²) < 4.78 is 25.4. The molecule has 1 aliphatic heterocycles. The van der Waals surface area contributed by atoms with E-state index in [0.29, 0.717) is 18.9 Å². The third-order valence-corrected chi connectivity index (χ3v) is 5.47. The van der Waals surface area contributed by atoms with Crippen molar-refractivity contribution in [1.82, 2.24) is 9.80 Å². The smallest absolute Gasteiger partial charge is 0.290 e. The molecule has 2 aromatic carbocycles. The average Bonchev–Trinajstić information content (AvgIpc) is 3.05. The molecule has 1 atom stereocenters. The number of fused-ring (bicyclic) bond motifs is 2. The summed E-state index contributed by atoms with van der Waals surface area (Å²) in [6.07, 6.45) is 2.36. The van der Waals surface area contributed by atoms with Crippen molar-refractivity contribution in [3.8, 4) is 5.75 Å². The highest BCUT2D eigenvalue weighted by Gasteiger charge is 2.42. The molecule has 0 aliphatic carbocycles. The summed E-state index contributed by atoms with van der Waals surface area (Å²) >= 11 is 0. The number of carbonyl (C=O) groups excluding carboxylic acids is 1. The van der Waals surface area contributed by atoms with Gasteiger partial charge in [0.05, 0.1) is 17.0 Å². The topological polar surface area (TPSA) is 63.0 Å². The van der Waals surface area contributed by atoms with E-state index in [1.54, 1.807) is 17.0 Å². The van der Waals surface area contributed by atoms with Gasteiger partial charge >= 0.3 is 0 Å². The minimum Gasteiger partial charge on any atom is -0.490 e. The molecular weight excluding hydrogens is 411 g/mol. The lowest BCUT2D eigenvalue weighted by molar-refractivity contribution is 0.0722. The summed E-state index contributed by atoms with van der Waals surface area (Å²) in [6, 6.07) is 10.4. The Hall–Kier alpha value is -3.45. The normalized spacial score (nSPS) is 15.4. The van der Waals surface area contributed by atoms with Gasteiger partial charge in [-0.3, -0.25) is 9.59 Å². The molecule has 7 heteroatoms. The van der Waals surface area contributed by atoms with Crippen molar-refractivity contribution < 1.29 is 18.3 Å². The summed E-state index contributed by atoms with van der Waals surface area (Å²) in [6.45, 7) is 5.21. The number of nitrogens with zero attached hydrogens (tertiary/aromatic N) is 2. The molecule has 4 rings (SSSR count). The Kier molecular flexibility index (Phi) is 6.10. The van der Waals surface area contributed by atoms with Crippen molar-refractivity contribution >= 4 is 16.9 Å². The standard InChI is InChI=1S/C25H25FN2O4/c1-4-13-31-18-8-5-7-16(14-18)22-21-23(29)19-15-17(26)9-10-20(19)32-24(21)25(30)28(22)12-6-11-27(2)3/h4-5,7-10,14-15,22H,1,6,11-13H2,2-3H3/t22-/m1/s1. The van der Waals surface area contributed by atoms with Crippen molar-refractivity contribution in [3.05, 3.63) is 88.0 Å². The lowest BCUT2D eigenvalue weighted by Gasteiger charge is -2.26. The molecule has 0 spiro atoms. The number of rotatable bonds is 8. The molecule has 32 heavy (non-hydrogen) atoms. The summed E-state index contributed by atoms with van der Waals surface area (Å²) in [5.41, 5.74) is 0.762. The Bertz CT molecular complexity index is 1230. The van der Waals surface area contributed by atoms with Crippen LogP contribution in [0.2, 0.25) is 0 Å². The zero-order valence-electron chi connectivity index (χ0n) is 18.1. The van der Waals surface area contributed by atoms with Gasteiger partial charge in [0, 0.05) is 6.54 Å². The van der Waals surface area contributed by atoms with Crippen LogP contribution in [0.5, 0.6) is 5.75 Å². The lowest BCUT2D eigenvalue weighted by atomic mass is 9.98. The molecule has 0 N–H and O–H groups in total. The number of hydrogen-bond acceptors (Lipinski definition) is 5. The van der Waals surface area contributed by atoms with Crippen LogP contribution in [0.25, 0.3) is 11.0 Å². The van der Waals surface area contributed by atoms with Gasteiger partial charge in [0.25, 0.3) is 5.91 Å². The van der Waals surface area contributed by atoms with Crippen LogP contribution < -0.4 is 10.2 Å². The first kappa shape index (κ1) is 21.8. The Balaban J connectivity index is 1.85. The lowest BCUT2D eigenvalue weighted by Crippen LogP contribution is -2.32. The van der Waals surface area contributed by atoms with Crippen LogP contribution in [-0.2, 0) is 0 Å². The highest BCUT2D eigenvalue weighted by Crippen LogP contribution is 2.39. The first-order valence-corrected chi connectivity index (χ1v) is 10.5. The molecule has 0 saturated carbocycles. The van der Waals surface area contributed by atoms with Crippen molar-refractivity contribution in [1.29, 1.82) is 0 Å². The number of halogens is 1. The van der Waals surface area contributed by atoms with Crippen molar-refractivity contribution in [2.24, 2.45) is 0 Å². The maximum absolute atomic E-state index is 13.9. The summed E-state index contributed by atoms with van der Waals surface area (Å²) in [7, 11) is 3.93. The fraction of sp³-hybridized carbons (Fsp3) is 0.280. The molecule has 0 bridgehead atoms. The second-order valence-corrected chi connectivity index (χ2v) is 8.04. The van der Waals surface area contributed by atoms with Crippen molar-refractivity contribution in [3.63, 3.8) is 0 Å². The highest BCUT2D eigenvalue weighted by atomic mass is 19.1. The average molecular weight is 436 g/mol. The van der Waals surface area contributed by atoms with E-state index in [9.17, 15) is 14.0 Å². The second-order valence-electron chi connectivity index (χ2n) is 8.04. The fourth-order valence-electron chi connectivity index (χ4n) is 4.06. The first-order valence-electron chi connectivity index (χ1n) is 10.5. The molecule has 3 aromatic rings. The van der Waals surface area contributed by atoms with E-state index in [4.69, 9.17) is 9.15 Å². The zero-order valence-corrected chi connectivity index (χ0v) is 18.1. The molecular formula is C25H25FN2O4. The quantitative estimate of drug-likeness (QED) is 0.500. The van der Waals surface area contributed by atoms with Crippen molar-refractivity contribution in [2.75, 3.05) is 33.8 Å². The van der Waals surface area contributed by atoms with Crippen LogP contribution in [0.4, 0.5) is 4.39 Å². The summed E-state index contributed by atoms with van der Waals surface area (Å²) in [5.74, 6) is -0.257. The molecule has 2 heterocycles. The predicted molar refractivity (Wildman–Crippen MR) is 121 cm³/mol. The van der Waals surface area contributed by atoms with E-state index in [1.165, 1.54) is 12.1 Å². The first-order chi connectivity index (χ1) is 15.4.